The molecule has 0 saturated heterocycles. The lowest BCUT2D eigenvalue weighted by Crippen LogP contribution is -2.24. The summed E-state index contributed by atoms with van der Waals surface area (Å²) in [6.45, 7) is 6.71. The third kappa shape index (κ3) is 3.48. The predicted molar refractivity (Wildman–Crippen MR) is 86.4 cm³/mol. The molecule has 126 valence electrons. The van der Waals surface area contributed by atoms with Crippen LogP contribution in [0.2, 0.25) is 0 Å². The third-order valence-electron chi connectivity index (χ3n) is 3.42. The molecule has 0 spiro atoms. The molecule has 3 aromatic rings. The highest BCUT2D eigenvalue weighted by Crippen LogP contribution is 2.14. The minimum absolute atomic E-state index is 0.0925. The van der Waals surface area contributed by atoms with Crippen LogP contribution >= 0.6 is 0 Å². The first-order valence-electron chi connectivity index (χ1n) is 7.79. The number of fused-ring (bicyclic) bond motifs is 1. The van der Waals surface area contributed by atoms with Crippen molar-refractivity contribution in [2.45, 2.75) is 33.4 Å². The monoisotopic (exact) mass is 329 g/mol. The molecule has 0 bridgehead atoms. The van der Waals surface area contributed by atoms with Crippen molar-refractivity contribution in [1.82, 2.24) is 24.9 Å². The molecule has 3 heterocycles. The fourth-order valence-corrected chi connectivity index (χ4v) is 2.16. The highest BCUT2D eigenvalue weighted by Gasteiger charge is 2.16. The maximum Gasteiger partial charge on any atom is 0.293 e. The Kier molecular flexibility index (Phi) is 4.66. The van der Waals surface area contributed by atoms with Gasteiger partial charge >= 0.3 is 0 Å². The highest BCUT2D eigenvalue weighted by molar-refractivity contribution is 5.75. The maximum atomic E-state index is 12.4. The van der Waals surface area contributed by atoms with Crippen LogP contribution in [0.4, 0.5) is 0 Å². The van der Waals surface area contributed by atoms with E-state index in [0.717, 1.165) is 0 Å². The molecule has 0 amide bonds. The molecule has 0 unspecified atom stereocenters. The molecule has 0 aliphatic heterocycles. The summed E-state index contributed by atoms with van der Waals surface area (Å²) < 4.78 is 12.1. The lowest BCUT2D eigenvalue weighted by Gasteiger charge is -2.10. The minimum Gasteiger partial charge on any atom is -0.370 e. The molecule has 0 radical (unpaired) electrons. The summed E-state index contributed by atoms with van der Waals surface area (Å²) >= 11 is 0. The standard InChI is InChI=1S/C16H19N5O3/c1-10(2)9-23-11(3)15-19-13(24-20-15)8-21-16(22)14-12(7-18-21)5-4-6-17-14/h4-7,10-11H,8-9H2,1-3H3/t11-/m0/s1. The Labute approximate surface area is 138 Å². The molecule has 0 aliphatic rings. The Morgan fingerprint density at radius 2 is 2.17 bits per heavy atom. The molecule has 1 atom stereocenters. The Hall–Kier alpha value is -2.61. The van der Waals surface area contributed by atoms with Crippen molar-refractivity contribution in [2.24, 2.45) is 5.92 Å². The van der Waals surface area contributed by atoms with Crippen molar-refractivity contribution >= 4 is 10.9 Å². The van der Waals surface area contributed by atoms with E-state index in [0.29, 0.717) is 35.1 Å². The van der Waals surface area contributed by atoms with Crippen LogP contribution in [0, 0.1) is 5.92 Å². The number of rotatable bonds is 6. The molecule has 8 heteroatoms. The topological polar surface area (TPSA) is 95.9 Å². The molecule has 0 N–H and O–H groups in total. The molecule has 24 heavy (non-hydrogen) atoms. The fourth-order valence-electron chi connectivity index (χ4n) is 2.16. The molecule has 0 aromatic carbocycles. The lowest BCUT2D eigenvalue weighted by atomic mass is 10.2. The molecular weight excluding hydrogens is 310 g/mol. The number of nitrogens with zero attached hydrogens (tertiary/aromatic N) is 5. The van der Waals surface area contributed by atoms with E-state index in [1.165, 1.54) is 4.68 Å². The summed E-state index contributed by atoms with van der Waals surface area (Å²) in [5.74, 6) is 1.18. The second kappa shape index (κ2) is 6.88. The Morgan fingerprint density at radius 1 is 1.33 bits per heavy atom. The fraction of sp³-hybridized carbons (Fsp3) is 0.438. The Bertz CT molecular complexity index is 887. The van der Waals surface area contributed by atoms with E-state index >= 15 is 0 Å². The van der Waals surface area contributed by atoms with E-state index in [9.17, 15) is 4.79 Å². The number of pyridine rings is 1. The largest absolute Gasteiger partial charge is 0.370 e. The molecule has 3 aromatic heterocycles. The van der Waals surface area contributed by atoms with Crippen LogP contribution in [-0.4, -0.2) is 31.5 Å². The zero-order valence-corrected chi connectivity index (χ0v) is 13.8. The second-order valence-corrected chi connectivity index (χ2v) is 5.96. The molecular formula is C16H19N5O3. The predicted octanol–water partition coefficient (Wildman–Crippen LogP) is 1.96. The zero-order chi connectivity index (χ0) is 17.1. The zero-order valence-electron chi connectivity index (χ0n) is 13.8. The summed E-state index contributed by atoms with van der Waals surface area (Å²) in [5, 5.41) is 8.73. The number of hydrogen-bond acceptors (Lipinski definition) is 7. The quantitative estimate of drug-likeness (QED) is 0.682. The van der Waals surface area contributed by atoms with Gasteiger partial charge in [-0.2, -0.15) is 10.1 Å². The Morgan fingerprint density at radius 3 is 2.96 bits per heavy atom. The normalized spacial score (nSPS) is 12.8. The van der Waals surface area contributed by atoms with Gasteiger partial charge in [-0.25, -0.2) is 4.68 Å². The van der Waals surface area contributed by atoms with Gasteiger partial charge in [-0.3, -0.25) is 9.78 Å². The smallest absolute Gasteiger partial charge is 0.293 e. The van der Waals surface area contributed by atoms with Crippen LogP contribution in [-0.2, 0) is 11.3 Å². The summed E-state index contributed by atoms with van der Waals surface area (Å²) in [5.41, 5.74) is 0.0674. The molecule has 8 nitrogen and oxygen atoms in total. The first kappa shape index (κ1) is 16.3. The van der Waals surface area contributed by atoms with Gasteiger partial charge in [0.25, 0.3) is 5.56 Å². The minimum atomic E-state index is -0.294. The summed E-state index contributed by atoms with van der Waals surface area (Å²) in [6.07, 6.45) is 2.90. The van der Waals surface area contributed by atoms with Crippen LogP contribution in [0.1, 0.15) is 38.6 Å². The van der Waals surface area contributed by atoms with Gasteiger partial charge < -0.3 is 9.26 Å². The van der Waals surface area contributed by atoms with Gasteiger partial charge in [0.15, 0.2) is 5.82 Å². The number of aromatic nitrogens is 5. The van der Waals surface area contributed by atoms with Crippen LogP contribution in [0.25, 0.3) is 10.9 Å². The maximum absolute atomic E-state index is 12.4. The van der Waals surface area contributed by atoms with E-state index in [4.69, 9.17) is 9.26 Å². The summed E-state index contributed by atoms with van der Waals surface area (Å²) in [6, 6.07) is 3.55. The van der Waals surface area contributed by atoms with Gasteiger partial charge in [-0.15, -0.1) is 0 Å². The highest BCUT2D eigenvalue weighted by atomic mass is 16.5. The van der Waals surface area contributed by atoms with Gasteiger partial charge in [-0.05, 0) is 25.0 Å². The van der Waals surface area contributed by atoms with Crippen molar-refractivity contribution in [3.63, 3.8) is 0 Å². The van der Waals surface area contributed by atoms with E-state index in [-0.39, 0.29) is 18.2 Å². The number of ether oxygens (including phenoxy) is 1. The van der Waals surface area contributed by atoms with Crippen LogP contribution in [0.15, 0.2) is 33.8 Å². The SMILES string of the molecule is CC(C)CO[C@@H](C)c1noc(Cn2ncc3cccnc3c2=O)n1. The molecule has 0 fully saturated rings. The van der Waals surface area contributed by atoms with Crippen molar-refractivity contribution < 1.29 is 9.26 Å². The molecule has 0 saturated carbocycles. The van der Waals surface area contributed by atoms with Crippen molar-refractivity contribution in [3.8, 4) is 0 Å². The van der Waals surface area contributed by atoms with E-state index in [1.54, 1.807) is 24.5 Å². The van der Waals surface area contributed by atoms with Crippen molar-refractivity contribution in [3.05, 3.63) is 46.6 Å². The molecule has 0 aliphatic carbocycles. The van der Waals surface area contributed by atoms with Gasteiger partial charge in [-0.1, -0.05) is 19.0 Å². The van der Waals surface area contributed by atoms with E-state index in [2.05, 4.69) is 34.1 Å². The molecule has 3 rings (SSSR count). The van der Waals surface area contributed by atoms with E-state index < -0.39 is 0 Å². The van der Waals surface area contributed by atoms with Crippen molar-refractivity contribution in [2.75, 3.05) is 6.61 Å². The average Bonchev–Trinajstić information content (AvgIpc) is 3.04. The summed E-state index contributed by atoms with van der Waals surface area (Å²) in [4.78, 5) is 20.8. The summed E-state index contributed by atoms with van der Waals surface area (Å²) in [7, 11) is 0. The average molecular weight is 329 g/mol. The van der Waals surface area contributed by atoms with E-state index in [1.807, 2.05) is 6.92 Å². The van der Waals surface area contributed by atoms with Gasteiger partial charge in [0.1, 0.15) is 18.2 Å². The van der Waals surface area contributed by atoms with Crippen molar-refractivity contribution in [1.29, 1.82) is 0 Å². The van der Waals surface area contributed by atoms with Gasteiger partial charge in [0, 0.05) is 18.2 Å². The van der Waals surface area contributed by atoms with Gasteiger partial charge in [0.05, 0.1) is 6.20 Å². The first-order chi connectivity index (χ1) is 11.5. The Balaban J connectivity index is 1.78. The number of hydrogen-bond donors (Lipinski definition) is 0. The first-order valence-corrected chi connectivity index (χ1v) is 7.79. The van der Waals surface area contributed by atoms with Gasteiger partial charge in [0.2, 0.25) is 5.89 Å². The second-order valence-electron chi connectivity index (χ2n) is 5.96. The lowest BCUT2D eigenvalue weighted by molar-refractivity contribution is 0.0402. The van der Waals surface area contributed by atoms with Crippen LogP contribution in [0.5, 0.6) is 0 Å². The third-order valence-corrected chi connectivity index (χ3v) is 3.42. The van der Waals surface area contributed by atoms with Crippen LogP contribution in [0.3, 0.4) is 0 Å². The van der Waals surface area contributed by atoms with Crippen LogP contribution < -0.4 is 5.56 Å².